The summed E-state index contributed by atoms with van der Waals surface area (Å²) in [6.07, 6.45) is 5.32. The van der Waals surface area contributed by atoms with Gasteiger partial charge < -0.3 is 19.3 Å². The number of rotatable bonds is 5. The van der Waals surface area contributed by atoms with Gasteiger partial charge in [0.2, 0.25) is 11.8 Å². The summed E-state index contributed by atoms with van der Waals surface area (Å²) >= 11 is 0. The van der Waals surface area contributed by atoms with Crippen LogP contribution in [0.4, 0.5) is 5.69 Å². The Morgan fingerprint density at radius 1 is 1.35 bits per heavy atom. The van der Waals surface area contributed by atoms with Gasteiger partial charge in [0, 0.05) is 51.3 Å². The number of aromatic nitrogens is 1. The number of nitriles is 1. The van der Waals surface area contributed by atoms with Crippen LogP contribution in [0.2, 0.25) is 0 Å². The molecule has 3 rings (SSSR count). The summed E-state index contributed by atoms with van der Waals surface area (Å²) in [5.41, 5.74) is 1.43. The SMILES string of the molecule is COCCN1CC2(CCCN(c3ccnc(OC)c3C#N)C2)CCC1=O. The molecule has 1 aromatic heterocycles. The number of carbonyl (C=O) groups excluding carboxylic acids is 1. The summed E-state index contributed by atoms with van der Waals surface area (Å²) < 4.78 is 10.4. The Bertz CT molecular complexity index is 703. The van der Waals surface area contributed by atoms with E-state index in [1.54, 1.807) is 13.3 Å². The molecule has 3 heterocycles. The van der Waals surface area contributed by atoms with Crippen LogP contribution >= 0.6 is 0 Å². The number of anilines is 1. The number of methoxy groups -OCH3 is 2. The number of nitrogens with zero attached hydrogens (tertiary/aromatic N) is 4. The molecule has 1 spiro atoms. The molecule has 26 heavy (non-hydrogen) atoms. The van der Waals surface area contributed by atoms with E-state index >= 15 is 0 Å². The van der Waals surface area contributed by atoms with Crippen LogP contribution in [-0.4, -0.2) is 62.8 Å². The van der Waals surface area contributed by atoms with Gasteiger partial charge >= 0.3 is 0 Å². The van der Waals surface area contributed by atoms with E-state index in [0.717, 1.165) is 44.6 Å². The Morgan fingerprint density at radius 3 is 2.92 bits per heavy atom. The van der Waals surface area contributed by atoms with Crippen LogP contribution in [0, 0.1) is 16.7 Å². The maximum absolute atomic E-state index is 12.3. The number of likely N-dealkylation sites (tertiary alicyclic amines) is 1. The van der Waals surface area contributed by atoms with Crippen molar-refractivity contribution in [3.05, 3.63) is 17.8 Å². The molecule has 2 saturated heterocycles. The van der Waals surface area contributed by atoms with Gasteiger partial charge in [0.05, 0.1) is 19.4 Å². The Hall–Kier alpha value is -2.33. The van der Waals surface area contributed by atoms with Crippen molar-refractivity contribution < 1.29 is 14.3 Å². The van der Waals surface area contributed by atoms with Crippen molar-refractivity contribution in [2.75, 3.05) is 51.9 Å². The lowest BCUT2D eigenvalue weighted by molar-refractivity contribution is -0.138. The molecule has 0 aliphatic carbocycles. The molecule has 2 fully saturated rings. The summed E-state index contributed by atoms with van der Waals surface area (Å²) in [6, 6.07) is 4.12. The predicted molar refractivity (Wildman–Crippen MR) is 97.1 cm³/mol. The summed E-state index contributed by atoms with van der Waals surface area (Å²) in [5.74, 6) is 0.582. The molecular formula is C19H26N4O3. The van der Waals surface area contributed by atoms with E-state index < -0.39 is 0 Å². The van der Waals surface area contributed by atoms with Gasteiger partial charge in [-0.25, -0.2) is 4.98 Å². The number of pyridine rings is 1. The molecule has 2 aliphatic heterocycles. The first-order valence-electron chi connectivity index (χ1n) is 9.07. The zero-order chi connectivity index (χ0) is 18.6. The minimum atomic E-state index is 0.0726. The average Bonchev–Trinajstić information content (AvgIpc) is 2.68. The van der Waals surface area contributed by atoms with E-state index in [1.807, 2.05) is 11.0 Å². The fourth-order valence-corrected chi connectivity index (χ4v) is 4.21. The van der Waals surface area contributed by atoms with Crippen LogP contribution in [0.1, 0.15) is 31.2 Å². The van der Waals surface area contributed by atoms with E-state index in [-0.39, 0.29) is 11.3 Å². The van der Waals surface area contributed by atoms with Gasteiger partial charge in [0.15, 0.2) is 0 Å². The Labute approximate surface area is 154 Å². The van der Waals surface area contributed by atoms with Crippen molar-refractivity contribution >= 4 is 11.6 Å². The third-order valence-corrected chi connectivity index (χ3v) is 5.51. The summed E-state index contributed by atoms with van der Waals surface area (Å²) in [7, 11) is 3.19. The van der Waals surface area contributed by atoms with E-state index in [2.05, 4.69) is 16.0 Å². The molecule has 0 radical (unpaired) electrons. The number of piperidine rings is 2. The largest absolute Gasteiger partial charge is 0.480 e. The van der Waals surface area contributed by atoms with Crippen LogP contribution < -0.4 is 9.64 Å². The third-order valence-electron chi connectivity index (χ3n) is 5.51. The molecule has 7 nitrogen and oxygen atoms in total. The molecule has 1 unspecified atom stereocenters. The monoisotopic (exact) mass is 358 g/mol. The Balaban J connectivity index is 1.81. The molecule has 1 amide bonds. The highest BCUT2D eigenvalue weighted by molar-refractivity contribution is 5.77. The van der Waals surface area contributed by atoms with Crippen LogP contribution in [0.3, 0.4) is 0 Å². The van der Waals surface area contributed by atoms with Crippen molar-refractivity contribution in [3.63, 3.8) is 0 Å². The standard InChI is InChI=1S/C19H26N4O3/c1-25-11-10-23-14-19(7-4-17(23)24)6-3-9-22(13-19)16-5-8-21-18(26-2)15(16)12-20/h5,8H,3-4,6-7,9-11,13-14H2,1-2H3. The second-order valence-electron chi connectivity index (χ2n) is 7.16. The zero-order valence-electron chi connectivity index (χ0n) is 15.5. The van der Waals surface area contributed by atoms with E-state index in [4.69, 9.17) is 9.47 Å². The van der Waals surface area contributed by atoms with E-state index in [9.17, 15) is 10.1 Å². The number of amides is 1. The molecule has 7 heteroatoms. The van der Waals surface area contributed by atoms with Gasteiger partial charge in [0.25, 0.3) is 0 Å². The number of hydrogen-bond donors (Lipinski definition) is 0. The summed E-state index contributed by atoms with van der Waals surface area (Å²) in [6.45, 7) is 3.70. The normalized spacial score (nSPS) is 23.2. The Morgan fingerprint density at radius 2 is 2.19 bits per heavy atom. The summed E-state index contributed by atoms with van der Waals surface area (Å²) in [4.78, 5) is 20.6. The van der Waals surface area contributed by atoms with Crippen LogP contribution in [-0.2, 0) is 9.53 Å². The highest BCUT2D eigenvalue weighted by Gasteiger charge is 2.42. The Kier molecular flexibility index (Phi) is 5.62. The quantitative estimate of drug-likeness (QED) is 0.799. The smallest absolute Gasteiger partial charge is 0.233 e. The fraction of sp³-hybridized carbons (Fsp3) is 0.632. The first-order valence-corrected chi connectivity index (χ1v) is 9.07. The van der Waals surface area contributed by atoms with Crippen molar-refractivity contribution in [1.82, 2.24) is 9.88 Å². The number of hydrogen-bond acceptors (Lipinski definition) is 6. The van der Waals surface area contributed by atoms with Gasteiger partial charge in [-0.15, -0.1) is 0 Å². The first kappa shape index (κ1) is 18.5. The molecule has 0 N–H and O–H groups in total. The second-order valence-corrected chi connectivity index (χ2v) is 7.16. The van der Waals surface area contributed by atoms with Crippen molar-refractivity contribution in [2.45, 2.75) is 25.7 Å². The van der Waals surface area contributed by atoms with Crippen LogP contribution in [0.15, 0.2) is 12.3 Å². The molecular weight excluding hydrogens is 332 g/mol. The highest BCUT2D eigenvalue weighted by Crippen LogP contribution is 2.41. The topological polar surface area (TPSA) is 78.7 Å². The van der Waals surface area contributed by atoms with Crippen molar-refractivity contribution in [2.24, 2.45) is 5.41 Å². The fourth-order valence-electron chi connectivity index (χ4n) is 4.21. The predicted octanol–water partition coefficient (Wildman–Crippen LogP) is 1.82. The third kappa shape index (κ3) is 3.61. The van der Waals surface area contributed by atoms with E-state index in [1.165, 1.54) is 7.11 Å². The van der Waals surface area contributed by atoms with Gasteiger partial charge in [-0.3, -0.25) is 4.79 Å². The lowest BCUT2D eigenvalue weighted by Crippen LogP contribution is -2.54. The van der Waals surface area contributed by atoms with Crippen LogP contribution in [0.5, 0.6) is 5.88 Å². The van der Waals surface area contributed by atoms with Gasteiger partial charge in [0.1, 0.15) is 11.6 Å². The molecule has 0 saturated carbocycles. The molecule has 1 atom stereocenters. The van der Waals surface area contributed by atoms with Gasteiger partial charge in [-0.05, 0) is 25.3 Å². The van der Waals surface area contributed by atoms with Crippen molar-refractivity contribution in [1.29, 1.82) is 5.26 Å². The average molecular weight is 358 g/mol. The molecule has 2 aliphatic rings. The number of ether oxygens (including phenoxy) is 2. The minimum Gasteiger partial charge on any atom is -0.480 e. The summed E-state index contributed by atoms with van der Waals surface area (Å²) in [5, 5.41) is 9.57. The second kappa shape index (κ2) is 7.92. The van der Waals surface area contributed by atoms with Gasteiger partial charge in [-0.2, -0.15) is 5.26 Å². The maximum Gasteiger partial charge on any atom is 0.233 e. The minimum absolute atomic E-state index is 0.0726. The van der Waals surface area contributed by atoms with Crippen molar-refractivity contribution in [3.8, 4) is 11.9 Å². The maximum atomic E-state index is 12.3. The lowest BCUT2D eigenvalue weighted by Gasteiger charge is -2.49. The molecule has 0 aromatic carbocycles. The molecule has 1 aromatic rings. The first-order chi connectivity index (χ1) is 12.6. The number of carbonyl (C=O) groups is 1. The van der Waals surface area contributed by atoms with E-state index in [0.29, 0.717) is 31.0 Å². The van der Waals surface area contributed by atoms with Crippen LogP contribution in [0.25, 0.3) is 0 Å². The molecule has 0 bridgehead atoms. The lowest BCUT2D eigenvalue weighted by atomic mass is 9.73. The zero-order valence-corrected chi connectivity index (χ0v) is 15.5. The highest BCUT2D eigenvalue weighted by atomic mass is 16.5. The van der Waals surface area contributed by atoms with Gasteiger partial charge in [-0.1, -0.05) is 0 Å². The molecule has 140 valence electrons.